The van der Waals surface area contributed by atoms with Gasteiger partial charge >= 0.3 is 0 Å². The number of aryl methyl sites for hydroxylation is 1. The molecule has 0 aliphatic carbocycles. The first-order chi connectivity index (χ1) is 6.09. The Hall–Kier alpha value is -0.820. The molecule has 72 valence electrons. The van der Waals surface area contributed by atoms with Gasteiger partial charge in [0.15, 0.2) is 0 Å². The summed E-state index contributed by atoms with van der Waals surface area (Å²) in [7, 11) is 0. The Morgan fingerprint density at radius 2 is 1.69 bits per heavy atom. The molecule has 0 saturated heterocycles. The van der Waals surface area contributed by atoms with Gasteiger partial charge in [-0.05, 0) is 31.7 Å². The van der Waals surface area contributed by atoms with E-state index >= 15 is 0 Å². The van der Waals surface area contributed by atoms with E-state index in [4.69, 9.17) is 5.73 Å². The maximum Gasteiger partial charge on any atom is 0.00162 e. The third-order valence-corrected chi connectivity index (χ3v) is 2.37. The third-order valence-electron chi connectivity index (χ3n) is 2.37. The van der Waals surface area contributed by atoms with Crippen molar-refractivity contribution in [1.82, 2.24) is 0 Å². The summed E-state index contributed by atoms with van der Waals surface area (Å²) >= 11 is 0. The van der Waals surface area contributed by atoms with Crippen LogP contribution in [0, 0.1) is 6.92 Å². The Bertz CT molecular complexity index is 248. The third kappa shape index (κ3) is 3.19. The molecule has 0 aliphatic rings. The Morgan fingerprint density at radius 3 is 2.15 bits per heavy atom. The number of hydrogen-bond donors (Lipinski definition) is 1. The molecule has 0 radical (unpaired) electrons. The molecule has 1 rings (SSSR count). The molecule has 0 aliphatic heterocycles. The van der Waals surface area contributed by atoms with Crippen molar-refractivity contribution in [2.24, 2.45) is 5.73 Å². The molecule has 0 unspecified atom stereocenters. The monoisotopic (exact) mass is 177 g/mol. The summed E-state index contributed by atoms with van der Waals surface area (Å²) in [6, 6.07) is 9.00. The fourth-order valence-electron chi connectivity index (χ4n) is 1.59. The molecule has 1 nitrogen and oxygen atoms in total. The molecule has 0 amide bonds. The van der Waals surface area contributed by atoms with Gasteiger partial charge in [0.25, 0.3) is 0 Å². The van der Waals surface area contributed by atoms with Crippen LogP contribution in [0.3, 0.4) is 0 Å². The Balaban J connectivity index is 2.66. The first kappa shape index (κ1) is 10.3. The number of rotatable bonds is 3. The second-order valence-electron chi connectivity index (χ2n) is 4.02. The average Bonchev–Trinajstić information content (AvgIpc) is 2.04. The molecule has 0 heterocycles. The lowest BCUT2D eigenvalue weighted by molar-refractivity contribution is 0.586. The fraction of sp³-hybridized carbons (Fsp3) is 0.500. The molecule has 0 fully saturated rings. The van der Waals surface area contributed by atoms with Crippen LogP contribution >= 0.6 is 0 Å². The lowest BCUT2D eigenvalue weighted by atomic mass is 9.94. The van der Waals surface area contributed by atoms with E-state index in [1.807, 2.05) is 0 Å². The van der Waals surface area contributed by atoms with E-state index < -0.39 is 0 Å². The van der Waals surface area contributed by atoms with Crippen LogP contribution in [-0.4, -0.2) is 6.04 Å². The maximum absolute atomic E-state index is 5.76. The molecule has 13 heavy (non-hydrogen) atoms. The maximum atomic E-state index is 5.76. The second-order valence-corrected chi connectivity index (χ2v) is 4.02. The van der Waals surface area contributed by atoms with Crippen molar-refractivity contribution >= 4 is 0 Å². The van der Waals surface area contributed by atoms with Gasteiger partial charge in [-0.25, -0.2) is 0 Å². The highest BCUT2D eigenvalue weighted by atomic mass is 14.6. The van der Waals surface area contributed by atoms with Crippen LogP contribution < -0.4 is 5.73 Å². The van der Waals surface area contributed by atoms with Gasteiger partial charge in [0.05, 0.1) is 0 Å². The molecule has 1 heteroatoms. The normalized spacial score (nSPS) is 15.4. The van der Waals surface area contributed by atoms with E-state index in [0.717, 1.165) is 6.42 Å². The minimum atomic E-state index is 0.288. The highest BCUT2D eigenvalue weighted by molar-refractivity contribution is 5.24. The van der Waals surface area contributed by atoms with E-state index in [9.17, 15) is 0 Å². The molecule has 0 spiro atoms. The van der Waals surface area contributed by atoms with E-state index in [1.165, 1.54) is 11.1 Å². The number of hydrogen-bond acceptors (Lipinski definition) is 1. The highest BCUT2D eigenvalue weighted by Gasteiger charge is 2.06. The van der Waals surface area contributed by atoms with E-state index in [1.54, 1.807) is 0 Å². The zero-order valence-corrected chi connectivity index (χ0v) is 8.75. The van der Waals surface area contributed by atoms with Gasteiger partial charge in [0, 0.05) is 6.04 Å². The van der Waals surface area contributed by atoms with Gasteiger partial charge in [-0.1, -0.05) is 36.8 Å². The predicted octanol–water partition coefficient (Wildman–Crippen LogP) is 2.84. The Labute approximate surface area is 81.0 Å². The second kappa shape index (κ2) is 4.43. The summed E-state index contributed by atoms with van der Waals surface area (Å²) in [5.74, 6) is 0.570. The molecular formula is C12H19N. The van der Waals surface area contributed by atoms with Crippen molar-refractivity contribution in [3.63, 3.8) is 0 Å². The van der Waals surface area contributed by atoms with Gasteiger partial charge in [0.2, 0.25) is 0 Å². The van der Waals surface area contributed by atoms with Gasteiger partial charge in [-0.15, -0.1) is 0 Å². The van der Waals surface area contributed by atoms with Crippen LogP contribution in [0.5, 0.6) is 0 Å². The summed E-state index contributed by atoms with van der Waals surface area (Å²) in [6.07, 6.45) is 1.06. The lowest BCUT2D eigenvalue weighted by Gasteiger charge is -2.14. The minimum Gasteiger partial charge on any atom is -0.328 e. The average molecular weight is 177 g/mol. The summed E-state index contributed by atoms with van der Waals surface area (Å²) in [5.41, 5.74) is 8.47. The number of nitrogens with two attached hydrogens (primary N) is 1. The van der Waals surface area contributed by atoms with Gasteiger partial charge in [-0.3, -0.25) is 0 Å². The summed E-state index contributed by atoms with van der Waals surface area (Å²) in [5, 5.41) is 0. The van der Waals surface area contributed by atoms with Crippen molar-refractivity contribution in [2.75, 3.05) is 0 Å². The summed E-state index contributed by atoms with van der Waals surface area (Å²) in [6.45, 7) is 6.40. The minimum absolute atomic E-state index is 0.288. The van der Waals surface area contributed by atoms with Gasteiger partial charge in [0.1, 0.15) is 0 Å². The quantitative estimate of drug-likeness (QED) is 0.755. The molecule has 0 bridgehead atoms. The standard InChI is InChI=1S/C12H19N/c1-9-4-6-12(7-5-9)10(2)8-11(3)13/h4-7,10-11H,8,13H2,1-3H3/t10-,11-/m1/s1. The van der Waals surface area contributed by atoms with Crippen LogP contribution in [0.15, 0.2) is 24.3 Å². The van der Waals surface area contributed by atoms with Crippen molar-refractivity contribution in [1.29, 1.82) is 0 Å². The lowest BCUT2D eigenvalue weighted by Crippen LogP contribution is -2.17. The molecule has 0 saturated carbocycles. The van der Waals surface area contributed by atoms with E-state index in [2.05, 4.69) is 45.0 Å². The Morgan fingerprint density at radius 1 is 1.15 bits per heavy atom. The van der Waals surface area contributed by atoms with Crippen LogP contribution in [0.4, 0.5) is 0 Å². The van der Waals surface area contributed by atoms with Crippen LogP contribution in [0.2, 0.25) is 0 Å². The van der Waals surface area contributed by atoms with Crippen LogP contribution in [0.25, 0.3) is 0 Å². The van der Waals surface area contributed by atoms with Crippen molar-refractivity contribution in [2.45, 2.75) is 39.2 Å². The summed E-state index contributed by atoms with van der Waals surface area (Å²) in [4.78, 5) is 0. The van der Waals surface area contributed by atoms with Gasteiger partial charge < -0.3 is 5.73 Å². The van der Waals surface area contributed by atoms with E-state index in [0.29, 0.717) is 5.92 Å². The predicted molar refractivity (Wildman–Crippen MR) is 57.9 cm³/mol. The van der Waals surface area contributed by atoms with E-state index in [-0.39, 0.29) is 6.04 Å². The molecule has 2 N–H and O–H groups in total. The highest BCUT2D eigenvalue weighted by Crippen LogP contribution is 2.20. The molecule has 0 aromatic heterocycles. The fourth-order valence-corrected chi connectivity index (χ4v) is 1.59. The number of benzene rings is 1. The molecule has 1 aromatic rings. The summed E-state index contributed by atoms with van der Waals surface area (Å²) < 4.78 is 0. The van der Waals surface area contributed by atoms with Crippen molar-refractivity contribution in [3.8, 4) is 0 Å². The topological polar surface area (TPSA) is 26.0 Å². The molecule has 2 atom stereocenters. The van der Waals surface area contributed by atoms with Crippen molar-refractivity contribution in [3.05, 3.63) is 35.4 Å². The SMILES string of the molecule is Cc1ccc([C@H](C)C[C@@H](C)N)cc1. The smallest absolute Gasteiger partial charge is 0.00162 e. The Kier molecular flexibility index (Phi) is 3.49. The first-order valence-electron chi connectivity index (χ1n) is 4.91. The zero-order valence-electron chi connectivity index (χ0n) is 8.75. The van der Waals surface area contributed by atoms with Crippen LogP contribution in [0.1, 0.15) is 37.3 Å². The first-order valence-corrected chi connectivity index (χ1v) is 4.91. The zero-order chi connectivity index (χ0) is 9.84. The largest absolute Gasteiger partial charge is 0.328 e. The molecule has 1 aromatic carbocycles. The van der Waals surface area contributed by atoms with Crippen LogP contribution in [-0.2, 0) is 0 Å². The van der Waals surface area contributed by atoms with Crippen molar-refractivity contribution < 1.29 is 0 Å². The molecular weight excluding hydrogens is 158 g/mol. The van der Waals surface area contributed by atoms with Gasteiger partial charge in [-0.2, -0.15) is 0 Å².